The summed E-state index contributed by atoms with van der Waals surface area (Å²) >= 11 is 0. The molecule has 0 bridgehead atoms. The van der Waals surface area contributed by atoms with Crippen LogP contribution in [0.15, 0.2) is 48.5 Å². The second-order valence-corrected chi connectivity index (χ2v) is 6.41. The number of likely N-dealkylation sites (tertiary alicyclic amines) is 1. The molecule has 0 spiro atoms. The van der Waals surface area contributed by atoms with Crippen molar-refractivity contribution in [1.82, 2.24) is 10.2 Å². The predicted octanol–water partition coefficient (Wildman–Crippen LogP) is 2.71. The zero-order chi connectivity index (χ0) is 17.6. The summed E-state index contributed by atoms with van der Waals surface area (Å²) in [5, 5.41) is 12.3. The Balaban J connectivity index is 1.66. The first kappa shape index (κ1) is 17.6. The highest BCUT2D eigenvalue weighted by atomic mass is 19.1. The summed E-state index contributed by atoms with van der Waals surface area (Å²) in [4.78, 5) is 14.5. The summed E-state index contributed by atoms with van der Waals surface area (Å²) in [5.74, 6) is -0.708. The first-order valence-corrected chi connectivity index (χ1v) is 8.63. The van der Waals surface area contributed by atoms with Crippen molar-refractivity contribution in [2.45, 2.75) is 32.0 Å². The zero-order valence-corrected chi connectivity index (χ0v) is 14.1. The smallest absolute Gasteiger partial charge is 0.251 e. The van der Waals surface area contributed by atoms with E-state index in [1.807, 2.05) is 18.2 Å². The normalized spacial score (nSPS) is 17.6. The molecule has 0 unspecified atom stereocenters. The monoisotopic (exact) mass is 342 g/mol. The Morgan fingerprint density at radius 3 is 2.76 bits per heavy atom. The third-order valence-corrected chi connectivity index (χ3v) is 4.73. The molecule has 1 aliphatic rings. The number of rotatable bonds is 6. The van der Waals surface area contributed by atoms with E-state index < -0.39 is 5.82 Å². The molecule has 1 fully saturated rings. The van der Waals surface area contributed by atoms with Gasteiger partial charge in [-0.05, 0) is 48.7 Å². The van der Waals surface area contributed by atoms with Gasteiger partial charge in [-0.2, -0.15) is 0 Å². The summed E-state index contributed by atoms with van der Waals surface area (Å²) in [6.45, 7) is 2.31. The Morgan fingerprint density at radius 1 is 1.20 bits per heavy atom. The Labute approximate surface area is 147 Å². The summed E-state index contributed by atoms with van der Waals surface area (Å²) in [6.07, 6.45) is 2.12. The largest absolute Gasteiger partial charge is 0.395 e. The molecule has 5 heteroatoms. The van der Waals surface area contributed by atoms with E-state index in [1.165, 1.54) is 18.2 Å². The van der Waals surface area contributed by atoms with Crippen LogP contribution in [0.2, 0.25) is 0 Å². The van der Waals surface area contributed by atoms with E-state index in [0.717, 1.165) is 37.1 Å². The van der Waals surface area contributed by atoms with Gasteiger partial charge in [-0.3, -0.25) is 9.69 Å². The van der Waals surface area contributed by atoms with Gasteiger partial charge in [-0.25, -0.2) is 4.39 Å². The molecule has 2 N–H and O–H groups in total. The van der Waals surface area contributed by atoms with E-state index in [4.69, 9.17) is 0 Å². The van der Waals surface area contributed by atoms with Gasteiger partial charge < -0.3 is 10.4 Å². The minimum absolute atomic E-state index is 0.179. The van der Waals surface area contributed by atoms with Crippen molar-refractivity contribution in [1.29, 1.82) is 0 Å². The molecular formula is C20H23FN2O2. The van der Waals surface area contributed by atoms with E-state index in [9.17, 15) is 14.3 Å². The summed E-state index contributed by atoms with van der Waals surface area (Å²) in [7, 11) is 0. The quantitative estimate of drug-likeness (QED) is 0.849. The van der Waals surface area contributed by atoms with Crippen LogP contribution >= 0.6 is 0 Å². The molecule has 25 heavy (non-hydrogen) atoms. The van der Waals surface area contributed by atoms with E-state index >= 15 is 0 Å². The number of halogens is 1. The minimum Gasteiger partial charge on any atom is -0.395 e. The van der Waals surface area contributed by atoms with Gasteiger partial charge in [0.2, 0.25) is 0 Å². The van der Waals surface area contributed by atoms with Gasteiger partial charge in [0.25, 0.3) is 5.91 Å². The number of aliphatic hydroxyl groups excluding tert-OH is 1. The lowest BCUT2D eigenvalue weighted by Crippen LogP contribution is -2.32. The summed E-state index contributed by atoms with van der Waals surface area (Å²) in [5.41, 5.74) is 2.50. The number of nitrogens with zero attached hydrogens (tertiary/aromatic N) is 1. The average molecular weight is 342 g/mol. The molecule has 132 valence electrons. The third-order valence-electron chi connectivity index (χ3n) is 4.73. The maximum Gasteiger partial charge on any atom is 0.251 e. The molecule has 3 rings (SSSR count). The number of hydrogen-bond donors (Lipinski definition) is 2. The van der Waals surface area contributed by atoms with Gasteiger partial charge in [0.05, 0.1) is 6.61 Å². The van der Waals surface area contributed by atoms with Gasteiger partial charge in [0.1, 0.15) is 5.82 Å². The summed E-state index contributed by atoms with van der Waals surface area (Å²) < 4.78 is 13.2. The van der Waals surface area contributed by atoms with E-state index in [0.29, 0.717) is 12.1 Å². The Morgan fingerprint density at radius 2 is 2.00 bits per heavy atom. The molecule has 1 amide bonds. The van der Waals surface area contributed by atoms with Crippen molar-refractivity contribution in [3.8, 4) is 0 Å². The number of nitrogens with one attached hydrogen (secondary N) is 1. The standard InChI is InChI=1S/C20H23FN2O2/c21-18-8-3-7-15(11-18)20(25)22-12-16-5-1-2-6-17(16)13-23-10-4-9-19(23)14-24/h1-3,5-8,11,19,24H,4,9-10,12-14H2,(H,22,25)/t19-/m0/s1. The van der Waals surface area contributed by atoms with Crippen LogP contribution in [0.1, 0.15) is 34.3 Å². The second kappa shape index (κ2) is 8.23. The lowest BCUT2D eigenvalue weighted by Gasteiger charge is -2.24. The fraction of sp³-hybridized carbons (Fsp3) is 0.350. The Bertz CT molecular complexity index is 735. The molecule has 1 heterocycles. The van der Waals surface area contributed by atoms with Crippen molar-refractivity contribution in [3.63, 3.8) is 0 Å². The molecule has 0 saturated carbocycles. The van der Waals surface area contributed by atoms with E-state index in [2.05, 4.69) is 16.3 Å². The zero-order valence-electron chi connectivity index (χ0n) is 14.1. The molecule has 1 atom stereocenters. The summed E-state index contributed by atoms with van der Waals surface area (Å²) in [6, 6.07) is 13.9. The Kier molecular flexibility index (Phi) is 5.79. The molecule has 2 aromatic carbocycles. The number of amides is 1. The van der Waals surface area contributed by atoms with E-state index in [-0.39, 0.29) is 18.6 Å². The molecule has 1 aliphatic heterocycles. The van der Waals surface area contributed by atoms with Crippen molar-refractivity contribution in [2.24, 2.45) is 0 Å². The van der Waals surface area contributed by atoms with Crippen LogP contribution in [0.5, 0.6) is 0 Å². The lowest BCUT2D eigenvalue weighted by molar-refractivity contribution is 0.0950. The highest BCUT2D eigenvalue weighted by Gasteiger charge is 2.24. The van der Waals surface area contributed by atoms with Gasteiger partial charge in [0, 0.05) is 24.7 Å². The van der Waals surface area contributed by atoms with Crippen LogP contribution in [0.3, 0.4) is 0 Å². The first-order valence-electron chi connectivity index (χ1n) is 8.63. The van der Waals surface area contributed by atoms with Crippen LogP contribution in [-0.2, 0) is 13.1 Å². The van der Waals surface area contributed by atoms with E-state index in [1.54, 1.807) is 6.07 Å². The number of aliphatic hydroxyl groups is 1. The molecule has 1 saturated heterocycles. The molecule has 0 radical (unpaired) electrons. The maximum atomic E-state index is 13.2. The van der Waals surface area contributed by atoms with Crippen LogP contribution in [-0.4, -0.2) is 35.1 Å². The van der Waals surface area contributed by atoms with Crippen LogP contribution in [0.4, 0.5) is 4.39 Å². The molecular weight excluding hydrogens is 319 g/mol. The topological polar surface area (TPSA) is 52.6 Å². The van der Waals surface area contributed by atoms with Gasteiger partial charge >= 0.3 is 0 Å². The number of carbonyl (C=O) groups is 1. The number of hydrogen-bond acceptors (Lipinski definition) is 3. The predicted molar refractivity (Wildman–Crippen MR) is 94.5 cm³/mol. The second-order valence-electron chi connectivity index (χ2n) is 6.41. The Hall–Kier alpha value is -2.24. The maximum absolute atomic E-state index is 13.2. The van der Waals surface area contributed by atoms with Crippen molar-refractivity contribution < 1.29 is 14.3 Å². The number of benzene rings is 2. The van der Waals surface area contributed by atoms with Crippen molar-refractivity contribution in [3.05, 3.63) is 71.0 Å². The van der Waals surface area contributed by atoms with Gasteiger partial charge in [-0.1, -0.05) is 30.3 Å². The molecule has 0 aliphatic carbocycles. The van der Waals surface area contributed by atoms with Gasteiger partial charge in [-0.15, -0.1) is 0 Å². The first-order chi connectivity index (χ1) is 12.2. The highest BCUT2D eigenvalue weighted by Crippen LogP contribution is 2.21. The van der Waals surface area contributed by atoms with Gasteiger partial charge in [0.15, 0.2) is 0 Å². The fourth-order valence-electron chi connectivity index (χ4n) is 3.32. The van der Waals surface area contributed by atoms with Crippen LogP contribution < -0.4 is 5.32 Å². The highest BCUT2D eigenvalue weighted by molar-refractivity contribution is 5.94. The fourth-order valence-corrected chi connectivity index (χ4v) is 3.32. The van der Waals surface area contributed by atoms with Crippen molar-refractivity contribution >= 4 is 5.91 Å². The SMILES string of the molecule is O=C(NCc1ccccc1CN1CCC[C@H]1CO)c1cccc(F)c1. The third kappa shape index (κ3) is 4.44. The minimum atomic E-state index is -0.419. The molecule has 2 aromatic rings. The number of carbonyl (C=O) groups excluding carboxylic acids is 1. The van der Waals surface area contributed by atoms with Crippen molar-refractivity contribution in [2.75, 3.05) is 13.2 Å². The molecule has 4 nitrogen and oxygen atoms in total. The average Bonchev–Trinajstić information content (AvgIpc) is 3.08. The van der Waals surface area contributed by atoms with Crippen LogP contribution in [0.25, 0.3) is 0 Å². The molecule has 0 aromatic heterocycles. The van der Waals surface area contributed by atoms with Crippen LogP contribution in [0, 0.1) is 5.82 Å². The lowest BCUT2D eigenvalue weighted by atomic mass is 10.1.